The van der Waals surface area contributed by atoms with E-state index in [4.69, 9.17) is 9.47 Å². The predicted octanol–water partition coefficient (Wildman–Crippen LogP) is 4.25. The number of amides is 1. The van der Waals surface area contributed by atoms with E-state index in [9.17, 15) is 9.18 Å². The lowest BCUT2D eigenvalue weighted by molar-refractivity contribution is -0.127. The van der Waals surface area contributed by atoms with Crippen LogP contribution in [0, 0.1) is 5.82 Å². The zero-order valence-electron chi connectivity index (χ0n) is 17.4. The summed E-state index contributed by atoms with van der Waals surface area (Å²) in [6, 6.07) is 11.6. The first kappa shape index (κ1) is 21.1. The lowest BCUT2D eigenvalue weighted by atomic mass is 10.0. The van der Waals surface area contributed by atoms with Gasteiger partial charge in [0.2, 0.25) is 5.91 Å². The summed E-state index contributed by atoms with van der Waals surface area (Å²) < 4.78 is 24.1. The SMILES string of the molecule is COc1ccc(OC)c(C2CCCN2C(C)C(=O)NC(C)c2ccc(F)cc2)c1. The fraction of sp³-hybridized carbons (Fsp3) is 0.435. The molecule has 6 heteroatoms. The first-order chi connectivity index (χ1) is 13.9. The summed E-state index contributed by atoms with van der Waals surface area (Å²) in [5.74, 6) is 1.24. The number of halogens is 1. The fourth-order valence-corrected chi connectivity index (χ4v) is 4.01. The average molecular weight is 400 g/mol. The highest BCUT2D eigenvalue weighted by atomic mass is 19.1. The summed E-state index contributed by atoms with van der Waals surface area (Å²) in [4.78, 5) is 15.2. The molecule has 2 aromatic carbocycles. The maximum absolute atomic E-state index is 13.2. The first-order valence-electron chi connectivity index (χ1n) is 9.98. The summed E-state index contributed by atoms with van der Waals surface area (Å²) in [6.07, 6.45) is 1.96. The van der Waals surface area contributed by atoms with Crippen LogP contribution in [0.25, 0.3) is 0 Å². The fourth-order valence-electron chi connectivity index (χ4n) is 4.01. The van der Waals surface area contributed by atoms with Gasteiger partial charge in [-0.25, -0.2) is 4.39 Å². The van der Waals surface area contributed by atoms with Crippen LogP contribution >= 0.6 is 0 Å². The smallest absolute Gasteiger partial charge is 0.237 e. The van der Waals surface area contributed by atoms with Crippen LogP contribution in [0.15, 0.2) is 42.5 Å². The minimum absolute atomic E-state index is 0.0458. The molecule has 1 fully saturated rings. The van der Waals surface area contributed by atoms with Crippen molar-refractivity contribution >= 4 is 5.91 Å². The number of hydrogen-bond donors (Lipinski definition) is 1. The van der Waals surface area contributed by atoms with E-state index in [0.29, 0.717) is 0 Å². The van der Waals surface area contributed by atoms with E-state index >= 15 is 0 Å². The Labute approximate surface area is 171 Å². The highest BCUT2D eigenvalue weighted by Gasteiger charge is 2.35. The van der Waals surface area contributed by atoms with Crippen LogP contribution < -0.4 is 14.8 Å². The van der Waals surface area contributed by atoms with Gasteiger partial charge in [0.25, 0.3) is 0 Å². The average Bonchev–Trinajstić information content (AvgIpc) is 3.22. The van der Waals surface area contributed by atoms with Crippen molar-refractivity contribution in [2.75, 3.05) is 20.8 Å². The molecule has 0 radical (unpaired) electrons. The molecule has 5 nitrogen and oxygen atoms in total. The number of nitrogens with one attached hydrogen (secondary N) is 1. The van der Waals surface area contributed by atoms with Gasteiger partial charge in [0.15, 0.2) is 0 Å². The normalized spacial score (nSPS) is 18.9. The number of methoxy groups -OCH3 is 2. The number of carbonyl (C=O) groups is 1. The largest absolute Gasteiger partial charge is 0.497 e. The Morgan fingerprint density at radius 2 is 1.86 bits per heavy atom. The Bertz CT molecular complexity index is 841. The molecule has 1 N–H and O–H groups in total. The van der Waals surface area contributed by atoms with Crippen LogP contribution in [0.4, 0.5) is 4.39 Å². The van der Waals surface area contributed by atoms with Crippen molar-refractivity contribution in [2.24, 2.45) is 0 Å². The van der Waals surface area contributed by atoms with Crippen molar-refractivity contribution in [1.29, 1.82) is 0 Å². The topological polar surface area (TPSA) is 50.8 Å². The second-order valence-electron chi connectivity index (χ2n) is 7.46. The molecule has 0 saturated carbocycles. The highest BCUT2D eigenvalue weighted by molar-refractivity contribution is 5.81. The third-order valence-electron chi connectivity index (χ3n) is 5.70. The van der Waals surface area contributed by atoms with Crippen LogP contribution in [0.1, 0.15) is 49.9 Å². The maximum Gasteiger partial charge on any atom is 0.237 e. The Balaban J connectivity index is 1.75. The number of nitrogens with zero attached hydrogens (tertiary/aromatic N) is 1. The summed E-state index contributed by atoms with van der Waals surface area (Å²) in [5.41, 5.74) is 1.91. The summed E-state index contributed by atoms with van der Waals surface area (Å²) >= 11 is 0. The number of rotatable bonds is 7. The van der Waals surface area contributed by atoms with Gasteiger partial charge in [-0.3, -0.25) is 9.69 Å². The van der Waals surface area contributed by atoms with E-state index in [-0.39, 0.29) is 29.8 Å². The van der Waals surface area contributed by atoms with Crippen LogP contribution in [-0.4, -0.2) is 37.6 Å². The molecule has 1 aliphatic heterocycles. The van der Waals surface area contributed by atoms with Crippen LogP contribution in [-0.2, 0) is 4.79 Å². The van der Waals surface area contributed by atoms with Crippen molar-refractivity contribution in [2.45, 2.75) is 44.8 Å². The number of hydrogen-bond acceptors (Lipinski definition) is 4. The van der Waals surface area contributed by atoms with E-state index in [1.807, 2.05) is 32.0 Å². The molecule has 3 unspecified atom stereocenters. The number of likely N-dealkylation sites (tertiary alicyclic amines) is 1. The van der Waals surface area contributed by atoms with Gasteiger partial charge in [-0.2, -0.15) is 0 Å². The van der Waals surface area contributed by atoms with E-state index in [2.05, 4.69) is 10.2 Å². The molecule has 156 valence electrons. The number of benzene rings is 2. The molecule has 1 aliphatic rings. The first-order valence-corrected chi connectivity index (χ1v) is 9.98. The molecule has 0 bridgehead atoms. The van der Waals surface area contributed by atoms with E-state index in [1.165, 1.54) is 12.1 Å². The highest BCUT2D eigenvalue weighted by Crippen LogP contribution is 2.40. The van der Waals surface area contributed by atoms with Gasteiger partial charge in [-0.05, 0) is 69.1 Å². The second-order valence-corrected chi connectivity index (χ2v) is 7.46. The molecule has 3 atom stereocenters. The second kappa shape index (κ2) is 9.27. The van der Waals surface area contributed by atoms with Crippen molar-refractivity contribution in [3.63, 3.8) is 0 Å². The molecule has 1 saturated heterocycles. The predicted molar refractivity (Wildman–Crippen MR) is 111 cm³/mol. The number of ether oxygens (including phenoxy) is 2. The van der Waals surface area contributed by atoms with Crippen molar-refractivity contribution in [1.82, 2.24) is 10.2 Å². The standard InChI is InChI=1S/C23H29FN2O3/c1-15(17-7-9-18(24)10-8-17)25-23(27)16(2)26-13-5-6-21(26)20-14-19(28-3)11-12-22(20)29-4/h7-12,14-16,21H,5-6,13H2,1-4H3,(H,25,27). The third kappa shape index (κ3) is 4.70. The maximum atomic E-state index is 13.2. The summed E-state index contributed by atoms with van der Waals surface area (Å²) in [5, 5.41) is 3.06. The molecule has 1 amide bonds. The van der Waals surface area contributed by atoms with Gasteiger partial charge in [0, 0.05) is 11.6 Å². The molecule has 0 aliphatic carbocycles. The third-order valence-corrected chi connectivity index (χ3v) is 5.70. The minimum atomic E-state index is -0.304. The Kier molecular flexibility index (Phi) is 6.75. The van der Waals surface area contributed by atoms with Crippen molar-refractivity contribution in [3.8, 4) is 11.5 Å². The Morgan fingerprint density at radius 3 is 2.52 bits per heavy atom. The number of carbonyl (C=O) groups excluding carboxylic acids is 1. The molecule has 3 rings (SSSR count). The van der Waals surface area contributed by atoms with Gasteiger partial charge < -0.3 is 14.8 Å². The lowest BCUT2D eigenvalue weighted by Gasteiger charge is -2.31. The summed E-state index contributed by atoms with van der Waals surface area (Å²) in [7, 11) is 3.30. The molecule has 0 aromatic heterocycles. The van der Waals surface area contributed by atoms with Crippen LogP contribution in [0.3, 0.4) is 0 Å². The Morgan fingerprint density at radius 1 is 1.14 bits per heavy atom. The quantitative estimate of drug-likeness (QED) is 0.755. The van der Waals surface area contributed by atoms with Gasteiger partial charge in [-0.1, -0.05) is 12.1 Å². The molecule has 1 heterocycles. The van der Waals surface area contributed by atoms with E-state index in [0.717, 1.165) is 42.0 Å². The monoisotopic (exact) mass is 400 g/mol. The Hall–Kier alpha value is -2.60. The van der Waals surface area contributed by atoms with E-state index < -0.39 is 0 Å². The van der Waals surface area contributed by atoms with Crippen LogP contribution in [0.5, 0.6) is 11.5 Å². The molecular formula is C23H29FN2O3. The van der Waals surface area contributed by atoms with Gasteiger partial charge in [-0.15, -0.1) is 0 Å². The zero-order chi connectivity index (χ0) is 21.0. The lowest BCUT2D eigenvalue weighted by Crippen LogP contribution is -2.45. The molecule has 2 aromatic rings. The molecule has 29 heavy (non-hydrogen) atoms. The molecular weight excluding hydrogens is 371 g/mol. The minimum Gasteiger partial charge on any atom is -0.497 e. The van der Waals surface area contributed by atoms with Gasteiger partial charge in [0.05, 0.1) is 26.3 Å². The van der Waals surface area contributed by atoms with Crippen LogP contribution in [0.2, 0.25) is 0 Å². The zero-order valence-corrected chi connectivity index (χ0v) is 17.4. The van der Waals surface area contributed by atoms with Crippen molar-refractivity contribution in [3.05, 3.63) is 59.4 Å². The van der Waals surface area contributed by atoms with E-state index in [1.54, 1.807) is 26.4 Å². The van der Waals surface area contributed by atoms with Gasteiger partial charge in [0.1, 0.15) is 17.3 Å². The van der Waals surface area contributed by atoms with Crippen molar-refractivity contribution < 1.29 is 18.7 Å². The summed E-state index contributed by atoms with van der Waals surface area (Å²) in [6.45, 7) is 4.67. The molecule has 0 spiro atoms. The van der Waals surface area contributed by atoms with Gasteiger partial charge >= 0.3 is 0 Å².